The molecule has 0 bridgehead atoms. The molecule has 0 N–H and O–H groups in total. The zero-order valence-corrected chi connectivity index (χ0v) is 22.9. The minimum Gasteiger partial charge on any atom is -0.0895 e. The van der Waals surface area contributed by atoms with Crippen LogP contribution in [0, 0.1) is 0 Å². The van der Waals surface area contributed by atoms with Gasteiger partial charge < -0.3 is 0 Å². The van der Waals surface area contributed by atoms with Gasteiger partial charge in [-0.2, -0.15) is 0 Å². The first-order chi connectivity index (χ1) is 18.7. The normalized spacial score (nSPS) is 12.2. The van der Waals surface area contributed by atoms with Crippen LogP contribution in [0.2, 0.25) is 0 Å². The van der Waals surface area contributed by atoms with Gasteiger partial charge in [0, 0.05) is 38.5 Å². The average Bonchev–Trinajstić information content (AvgIpc) is 2.98. The van der Waals surface area contributed by atoms with Crippen molar-refractivity contribution in [2.45, 2.75) is 16.2 Å². The topological polar surface area (TPSA) is 0 Å². The Balaban J connectivity index is 1.47. The highest BCUT2D eigenvalue weighted by atomic mass is 32.2. The minimum absolute atomic E-state index is 0.838. The third-order valence-corrected chi connectivity index (χ3v) is 9.45. The van der Waals surface area contributed by atoms with Crippen molar-refractivity contribution in [2.24, 2.45) is 0 Å². The Morgan fingerprint density at radius 3 is 1.79 bits per heavy atom. The van der Waals surface area contributed by atoms with Crippen LogP contribution in [0.25, 0.3) is 21.5 Å². The van der Waals surface area contributed by atoms with E-state index in [1.807, 2.05) is 11.8 Å². The molecule has 1 heterocycles. The number of benzene rings is 6. The first-order valence-electron chi connectivity index (χ1n) is 12.7. The molecule has 1 aliphatic rings. The lowest BCUT2D eigenvalue weighted by atomic mass is 9.86. The summed E-state index contributed by atoms with van der Waals surface area (Å²) in [7, 11) is 0. The van der Waals surface area contributed by atoms with Crippen molar-refractivity contribution >= 4 is 67.5 Å². The fourth-order valence-corrected chi connectivity index (χ4v) is 7.38. The molecule has 1 aliphatic heterocycles. The summed E-state index contributed by atoms with van der Waals surface area (Å²) in [5.74, 6) is 0. The number of hydrogen-bond donors (Lipinski definition) is 0. The molecule has 0 aliphatic carbocycles. The van der Waals surface area contributed by atoms with E-state index in [9.17, 15) is 0 Å². The molecule has 0 saturated carbocycles. The van der Waals surface area contributed by atoms with Crippen LogP contribution in [-0.2, 0) is 6.42 Å². The van der Waals surface area contributed by atoms with Crippen molar-refractivity contribution in [1.82, 2.24) is 0 Å². The molecule has 0 amide bonds. The van der Waals surface area contributed by atoms with Crippen LogP contribution in [-0.4, -0.2) is 9.73 Å². The lowest BCUT2D eigenvalue weighted by molar-refractivity contribution is 1.05. The lowest BCUT2D eigenvalue weighted by Gasteiger charge is -2.25. The van der Waals surface area contributed by atoms with E-state index >= 15 is 0 Å². The summed E-state index contributed by atoms with van der Waals surface area (Å²) in [6.07, 6.45) is 0.838. The van der Waals surface area contributed by atoms with Crippen LogP contribution in [0.4, 0.5) is 0 Å². The van der Waals surface area contributed by atoms with Gasteiger partial charge in [0.2, 0.25) is 0 Å². The Morgan fingerprint density at radius 1 is 0.500 bits per heavy atom. The number of hydrogen-bond acceptors (Lipinski definition) is 3. The van der Waals surface area contributed by atoms with Crippen LogP contribution in [0.15, 0.2) is 131 Å². The monoisotopic (exact) mass is 538 g/mol. The Hall–Kier alpha value is -3.63. The SMILES string of the molecule is S=C(c1ccc2c(c1C(=S)c1cccc3ccccc13)Cc1ccccc1S2)c1cccc2ccccc12. The van der Waals surface area contributed by atoms with E-state index in [0.29, 0.717) is 0 Å². The van der Waals surface area contributed by atoms with Gasteiger partial charge in [0.1, 0.15) is 0 Å². The van der Waals surface area contributed by atoms with Gasteiger partial charge in [-0.1, -0.05) is 145 Å². The van der Waals surface area contributed by atoms with Crippen molar-refractivity contribution < 1.29 is 0 Å². The molecule has 0 radical (unpaired) electrons. The van der Waals surface area contributed by atoms with Gasteiger partial charge in [0.05, 0.1) is 9.73 Å². The Labute approximate surface area is 237 Å². The zero-order valence-electron chi connectivity index (χ0n) is 20.5. The van der Waals surface area contributed by atoms with Crippen molar-refractivity contribution in [3.05, 3.63) is 155 Å². The third kappa shape index (κ3) is 3.90. The van der Waals surface area contributed by atoms with E-state index in [1.54, 1.807) is 0 Å². The lowest BCUT2D eigenvalue weighted by Crippen LogP contribution is -2.16. The Bertz CT molecular complexity index is 1900. The molecule has 38 heavy (non-hydrogen) atoms. The fraction of sp³-hybridized carbons (Fsp3) is 0.0286. The molecule has 0 fully saturated rings. The standard InChI is InChI=1S/C35H22S3/c36-34(27-16-7-12-22-9-1-4-14-25(22)27)29-19-20-32-30(21-24-11-3-6-18-31(24)38-32)33(29)35(37)28-17-8-13-23-10-2-5-15-26(23)28/h1-20H,21H2. The summed E-state index contributed by atoms with van der Waals surface area (Å²) >= 11 is 14.5. The summed E-state index contributed by atoms with van der Waals surface area (Å²) in [4.78, 5) is 4.26. The number of fused-ring (bicyclic) bond motifs is 4. The van der Waals surface area contributed by atoms with Crippen LogP contribution in [0.3, 0.4) is 0 Å². The van der Waals surface area contributed by atoms with E-state index in [2.05, 4.69) is 121 Å². The van der Waals surface area contributed by atoms with Crippen molar-refractivity contribution in [3.8, 4) is 0 Å². The van der Waals surface area contributed by atoms with E-state index in [0.717, 1.165) is 38.4 Å². The molecule has 6 aromatic rings. The van der Waals surface area contributed by atoms with Gasteiger partial charge in [0.15, 0.2) is 0 Å². The maximum absolute atomic E-state index is 6.38. The summed E-state index contributed by atoms with van der Waals surface area (Å²) in [5.41, 5.74) is 6.88. The predicted molar refractivity (Wildman–Crippen MR) is 169 cm³/mol. The minimum atomic E-state index is 0.838. The van der Waals surface area contributed by atoms with Crippen LogP contribution in [0.1, 0.15) is 33.4 Å². The van der Waals surface area contributed by atoms with Crippen LogP contribution >= 0.6 is 36.2 Å². The average molecular weight is 539 g/mol. The molecule has 0 saturated heterocycles. The smallest absolute Gasteiger partial charge is 0.0537 e. The summed E-state index contributed by atoms with van der Waals surface area (Å²) < 4.78 is 0. The molecule has 7 rings (SSSR count). The summed E-state index contributed by atoms with van der Waals surface area (Å²) in [5, 5.41) is 4.71. The highest BCUT2D eigenvalue weighted by Gasteiger charge is 2.26. The number of rotatable bonds is 4. The van der Waals surface area contributed by atoms with Gasteiger partial charge >= 0.3 is 0 Å². The Morgan fingerprint density at radius 2 is 1.08 bits per heavy atom. The first kappa shape index (κ1) is 23.5. The maximum atomic E-state index is 6.38. The van der Waals surface area contributed by atoms with E-state index in [-0.39, 0.29) is 0 Å². The second-order valence-corrected chi connectivity index (χ2v) is 11.5. The number of thiocarbonyl (C=S) groups is 2. The van der Waals surface area contributed by atoms with Gasteiger partial charge in [0.25, 0.3) is 0 Å². The highest BCUT2D eigenvalue weighted by molar-refractivity contribution is 7.99. The largest absolute Gasteiger partial charge is 0.0895 e. The van der Waals surface area contributed by atoms with E-state index in [1.165, 1.54) is 42.5 Å². The van der Waals surface area contributed by atoms with Gasteiger partial charge in [-0.15, -0.1) is 0 Å². The van der Waals surface area contributed by atoms with Crippen molar-refractivity contribution in [2.75, 3.05) is 0 Å². The second kappa shape index (κ2) is 9.59. The maximum Gasteiger partial charge on any atom is 0.0537 e. The van der Waals surface area contributed by atoms with Gasteiger partial charge in [-0.05, 0) is 44.8 Å². The van der Waals surface area contributed by atoms with Crippen LogP contribution < -0.4 is 0 Å². The molecule has 6 aromatic carbocycles. The van der Waals surface area contributed by atoms with Crippen LogP contribution in [0.5, 0.6) is 0 Å². The molecule has 0 spiro atoms. The molecule has 0 atom stereocenters. The molecular formula is C35H22S3. The van der Waals surface area contributed by atoms with Gasteiger partial charge in [-0.3, -0.25) is 0 Å². The van der Waals surface area contributed by atoms with Crippen molar-refractivity contribution in [3.63, 3.8) is 0 Å². The van der Waals surface area contributed by atoms with E-state index < -0.39 is 0 Å². The molecule has 0 aromatic heterocycles. The first-order valence-corrected chi connectivity index (χ1v) is 14.3. The quantitative estimate of drug-likeness (QED) is 0.162. The highest BCUT2D eigenvalue weighted by Crippen LogP contribution is 2.43. The van der Waals surface area contributed by atoms with Gasteiger partial charge in [-0.25, -0.2) is 0 Å². The predicted octanol–water partition coefficient (Wildman–Crippen LogP) is 9.58. The molecular weight excluding hydrogens is 517 g/mol. The van der Waals surface area contributed by atoms with E-state index in [4.69, 9.17) is 24.4 Å². The zero-order chi connectivity index (χ0) is 25.6. The Kier molecular flexibility index (Phi) is 5.93. The molecule has 0 nitrogen and oxygen atoms in total. The summed E-state index contributed by atoms with van der Waals surface area (Å²) in [6.45, 7) is 0. The third-order valence-electron chi connectivity index (χ3n) is 7.37. The molecule has 0 unspecified atom stereocenters. The molecule has 180 valence electrons. The fourth-order valence-electron chi connectivity index (χ4n) is 5.53. The second-order valence-electron chi connectivity index (χ2n) is 9.56. The summed E-state index contributed by atoms with van der Waals surface area (Å²) in [6, 6.07) is 42.8. The van der Waals surface area contributed by atoms with Crippen molar-refractivity contribution in [1.29, 1.82) is 0 Å². The molecule has 3 heteroatoms.